The lowest BCUT2D eigenvalue weighted by Crippen LogP contribution is -2.37. The molecule has 0 radical (unpaired) electrons. The Labute approximate surface area is 105 Å². The molecule has 0 saturated carbocycles. The largest absolute Gasteiger partial charge is 0.345 e. The second-order valence-electron chi connectivity index (χ2n) is 4.67. The molecular weight excluding hydrogens is 228 g/mol. The van der Waals surface area contributed by atoms with Crippen LogP contribution in [0.2, 0.25) is 0 Å². The second kappa shape index (κ2) is 4.78. The van der Waals surface area contributed by atoms with Crippen molar-refractivity contribution >= 4 is 22.6 Å². The first-order valence-corrected chi connectivity index (χ1v) is 6.27. The molecule has 1 aromatic heterocycles. The summed E-state index contributed by atoms with van der Waals surface area (Å²) >= 11 is 0. The summed E-state index contributed by atoms with van der Waals surface area (Å²) in [7, 11) is 0. The van der Waals surface area contributed by atoms with Gasteiger partial charge in [-0.15, -0.1) is 0 Å². The number of amides is 1. The van der Waals surface area contributed by atoms with Gasteiger partial charge in [0.25, 0.3) is 0 Å². The lowest BCUT2D eigenvalue weighted by molar-refractivity contribution is -0.120. The highest BCUT2D eigenvalue weighted by Gasteiger charge is 2.20. The first kappa shape index (κ1) is 11.2. The third kappa shape index (κ3) is 2.22. The molecule has 1 aliphatic rings. The molecule has 18 heavy (non-hydrogen) atoms. The van der Waals surface area contributed by atoms with Crippen LogP contribution in [0.5, 0.6) is 0 Å². The number of rotatable bonds is 2. The molecule has 2 heterocycles. The number of imidazole rings is 1. The molecule has 0 bridgehead atoms. The fourth-order valence-corrected chi connectivity index (χ4v) is 2.33. The lowest BCUT2D eigenvalue weighted by atomic mass is 9.99. The van der Waals surface area contributed by atoms with Crippen LogP contribution in [-0.4, -0.2) is 29.0 Å². The van der Waals surface area contributed by atoms with Crippen LogP contribution in [0.15, 0.2) is 24.5 Å². The average Bonchev–Trinajstić information content (AvgIpc) is 2.87. The molecule has 1 aliphatic heterocycles. The zero-order valence-corrected chi connectivity index (χ0v) is 10.1. The topological polar surface area (TPSA) is 69.8 Å². The van der Waals surface area contributed by atoms with Crippen molar-refractivity contribution in [2.45, 2.75) is 12.8 Å². The summed E-state index contributed by atoms with van der Waals surface area (Å²) in [5.74, 6) is 0.178. The number of nitrogens with zero attached hydrogens (tertiary/aromatic N) is 1. The maximum atomic E-state index is 12.1. The number of aromatic nitrogens is 2. The fraction of sp³-hybridized carbons (Fsp3) is 0.385. The number of hydrogen-bond acceptors (Lipinski definition) is 3. The first-order chi connectivity index (χ1) is 8.83. The van der Waals surface area contributed by atoms with Gasteiger partial charge in [-0.1, -0.05) is 0 Å². The van der Waals surface area contributed by atoms with Crippen molar-refractivity contribution in [3.8, 4) is 0 Å². The standard InChI is InChI=1S/C13H16N4O/c18-13(9-2-1-5-14-7-9)17-10-3-4-11-12(6-10)16-8-15-11/h3-4,6,8-9,14H,1-2,5,7H2,(H,15,16)(H,17,18). The zero-order chi connectivity index (χ0) is 12.4. The van der Waals surface area contributed by atoms with Gasteiger partial charge in [-0.2, -0.15) is 0 Å². The Hall–Kier alpha value is -1.88. The quantitative estimate of drug-likeness (QED) is 0.749. The number of aromatic amines is 1. The van der Waals surface area contributed by atoms with E-state index in [9.17, 15) is 4.79 Å². The molecule has 2 aromatic rings. The minimum Gasteiger partial charge on any atom is -0.345 e. The predicted octanol–water partition coefficient (Wildman–Crippen LogP) is 1.50. The van der Waals surface area contributed by atoms with Crippen LogP contribution in [0, 0.1) is 5.92 Å². The molecule has 5 nitrogen and oxygen atoms in total. The Morgan fingerprint density at radius 3 is 3.22 bits per heavy atom. The van der Waals surface area contributed by atoms with Gasteiger partial charge < -0.3 is 15.6 Å². The number of hydrogen-bond donors (Lipinski definition) is 3. The van der Waals surface area contributed by atoms with Crippen LogP contribution < -0.4 is 10.6 Å². The molecule has 5 heteroatoms. The number of benzene rings is 1. The van der Waals surface area contributed by atoms with Gasteiger partial charge >= 0.3 is 0 Å². The van der Waals surface area contributed by atoms with Crippen LogP contribution in [0.4, 0.5) is 5.69 Å². The minimum absolute atomic E-state index is 0.0798. The van der Waals surface area contributed by atoms with E-state index in [1.54, 1.807) is 6.33 Å². The van der Waals surface area contributed by atoms with Crippen LogP contribution in [0.1, 0.15) is 12.8 Å². The Morgan fingerprint density at radius 2 is 2.39 bits per heavy atom. The summed E-state index contributed by atoms with van der Waals surface area (Å²) in [6.45, 7) is 1.79. The van der Waals surface area contributed by atoms with Gasteiger partial charge in [0.2, 0.25) is 5.91 Å². The number of piperidine rings is 1. The maximum absolute atomic E-state index is 12.1. The number of anilines is 1. The van der Waals surface area contributed by atoms with Crippen LogP contribution in [-0.2, 0) is 4.79 Å². The summed E-state index contributed by atoms with van der Waals surface area (Å²) in [4.78, 5) is 19.3. The van der Waals surface area contributed by atoms with Gasteiger partial charge in [0.1, 0.15) is 0 Å². The van der Waals surface area contributed by atoms with E-state index in [4.69, 9.17) is 0 Å². The van der Waals surface area contributed by atoms with E-state index >= 15 is 0 Å². The Balaban J connectivity index is 1.72. The lowest BCUT2D eigenvalue weighted by Gasteiger charge is -2.21. The highest BCUT2D eigenvalue weighted by molar-refractivity contribution is 5.94. The zero-order valence-electron chi connectivity index (χ0n) is 10.1. The number of nitrogens with one attached hydrogen (secondary N) is 3. The van der Waals surface area contributed by atoms with E-state index in [1.165, 1.54) is 0 Å². The van der Waals surface area contributed by atoms with Crippen molar-refractivity contribution < 1.29 is 4.79 Å². The number of fused-ring (bicyclic) bond motifs is 1. The summed E-state index contributed by atoms with van der Waals surface area (Å²) in [5.41, 5.74) is 2.67. The molecule has 1 fully saturated rings. The third-order valence-electron chi connectivity index (χ3n) is 3.36. The monoisotopic (exact) mass is 244 g/mol. The van der Waals surface area contributed by atoms with Gasteiger partial charge in [0, 0.05) is 12.2 Å². The Kier molecular flexibility index (Phi) is 2.98. The molecule has 1 amide bonds. The van der Waals surface area contributed by atoms with Crippen LogP contribution in [0.25, 0.3) is 11.0 Å². The molecule has 3 rings (SSSR count). The average molecular weight is 244 g/mol. The normalized spacial score (nSPS) is 19.9. The molecule has 0 aliphatic carbocycles. The summed E-state index contributed by atoms with van der Waals surface area (Å²) < 4.78 is 0. The first-order valence-electron chi connectivity index (χ1n) is 6.27. The highest BCUT2D eigenvalue weighted by Crippen LogP contribution is 2.18. The van der Waals surface area contributed by atoms with Crippen LogP contribution in [0.3, 0.4) is 0 Å². The molecule has 1 unspecified atom stereocenters. The van der Waals surface area contributed by atoms with Crippen molar-refractivity contribution in [1.29, 1.82) is 0 Å². The smallest absolute Gasteiger partial charge is 0.228 e. The number of carbonyl (C=O) groups is 1. The maximum Gasteiger partial charge on any atom is 0.228 e. The number of carbonyl (C=O) groups excluding carboxylic acids is 1. The van der Waals surface area contributed by atoms with E-state index in [0.29, 0.717) is 0 Å². The van der Waals surface area contributed by atoms with E-state index in [1.807, 2.05) is 18.2 Å². The molecule has 1 atom stereocenters. The van der Waals surface area contributed by atoms with E-state index in [2.05, 4.69) is 20.6 Å². The van der Waals surface area contributed by atoms with E-state index in [-0.39, 0.29) is 11.8 Å². The van der Waals surface area contributed by atoms with Crippen molar-refractivity contribution in [2.75, 3.05) is 18.4 Å². The molecule has 0 spiro atoms. The molecule has 1 saturated heterocycles. The molecule has 1 aromatic carbocycles. The van der Waals surface area contributed by atoms with Gasteiger partial charge in [-0.05, 0) is 37.6 Å². The van der Waals surface area contributed by atoms with Crippen molar-refractivity contribution in [2.24, 2.45) is 5.92 Å². The van der Waals surface area contributed by atoms with E-state index in [0.717, 1.165) is 42.7 Å². The summed E-state index contributed by atoms with van der Waals surface area (Å²) in [5, 5.41) is 6.22. The molecule has 94 valence electrons. The van der Waals surface area contributed by atoms with Gasteiger partial charge in [0.05, 0.1) is 23.3 Å². The van der Waals surface area contributed by atoms with Gasteiger partial charge in [0.15, 0.2) is 0 Å². The second-order valence-corrected chi connectivity index (χ2v) is 4.67. The van der Waals surface area contributed by atoms with Gasteiger partial charge in [-0.3, -0.25) is 4.79 Å². The third-order valence-corrected chi connectivity index (χ3v) is 3.36. The minimum atomic E-state index is 0.0798. The van der Waals surface area contributed by atoms with Crippen molar-refractivity contribution in [1.82, 2.24) is 15.3 Å². The summed E-state index contributed by atoms with van der Waals surface area (Å²) in [6.07, 6.45) is 3.68. The SMILES string of the molecule is O=C(Nc1ccc2nc[nH]c2c1)C1CCCNC1. The fourth-order valence-electron chi connectivity index (χ4n) is 2.33. The van der Waals surface area contributed by atoms with Crippen molar-refractivity contribution in [3.63, 3.8) is 0 Å². The van der Waals surface area contributed by atoms with E-state index < -0.39 is 0 Å². The van der Waals surface area contributed by atoms with Crippen molar-refractivity contribution in [3.05, 3.63) is 24.5 Å². The predicted molar refractivity (Wildman–Crippen MR) is 70.3 cm³/mol. The van der Waals surface area contributed by atoms with Crippen LogP contribution >= 0.6 is 0 Å². The van der Waals surface area contributed by atoms with Gasteiger partial charge in [-0.25, -0.2) is 4.98 Å². The summed E-state index contributed by atoms with van der Waals surface area (Å²) in [6, 6.07) is 5.70. The number of H-pyrrole nitrogens is 1. The highest BCUT2D eigenvalue weighted by atomic mass is 16.1. The molecule has 3 N–H and O–H groups in total. The Morgan fingerprint density at radius 1 is 1.44 bits per heavy atom. The molecular formula is C13H16N4O. The Bertz CT molecular complexity index is 557.